The van der Waals surface area contributed by atoms with E-state index in [-0.39, 0.29) is 12.4 Å². The Kier molecular flexibility index (Phi) is 7.83. The van der Waals surface area contributed by atoms with E-state index in [0.717, 1.165) is 0 Å². The van der Waals surface area contributed by atoms with Crippen LogP contribution >= 0.6 is 11.6 Å². The number of ketones is 1. The second kappa shape index (κ2) is 10.3. The minimum Gasteiger partial charge on any atom is -0.495 e. The number of halogens is 1. The molecule has 0 saturated carbocycles. The molecular formula is C20H20ClNO6. The number of amides is 1. The first-order valence-corrected chi connectivity index (χ1v) is 8.85. The summed E-state index contributed by atoms with van der Waals surface area (Å²) in [5.41, 5.74) is 1.03. The van der Waals surface area contributed by atoms with Crippen molar-refractivity contribution in [3.63, 3.8) is 0 Å². The lowest BCUT2D eigenvalue weighted by atomic mass is 10.1. The summed E-state index contributed by atoms with van der Waals surface area (Å²) < 4.78 is 15.2. The fraction of sp³-hybridized carbons (Fsp3) is 0.250. The summed E-state index contributed by atoms with van der Waals surface area (Å²) in [5.74, 6) is -0.291. The number of esters is 1. The normalized spacial score (nSPS) is 10.1. The average Bonchev–Trinajstić information content (AvgIpc) is 2.70. The molecule has 0 saturated heterocycles. The highest BCUT2D eigenvalue weighted by atomic mass is 35.5. The zero-order valence-electron chi connectivity index (χ0n) is 15.5. The Morgan fingerprint density at radius 2 is 1.75 bits per heavy atom. The molecule has 0 atom stereocenters. The number of ether oxygens (including phenoxy) is 3. The van der Waals surface area contributed by atoms with Gasteiger partial charge in [0.05, 0.1) is 12.1 Å². The smallest absolute Gasteiger partial charge is 0.344 e. The van der Waals surface area contributed by atoms with Crippen molar-refractivity contribution < 1.29 is 28.6 Å². The van der Waals surface area contributed by atoms with E-state index >= 15 is 0 Å². The highest BCUT2D eigenvalue weighted by Gasteiger charge is 2.10. The van der Waals surface area contributed by atoms with Gasteiger partial charge >= 0.3 is 5.97 Å². The number of Topliss-reactive ketones (excluding diaryl/α,β-unsaturated/α-hetero) is 1. The van der Waals surface area contributed by atoms with E-state index in [1.54, 1.807) is 43.3 Å². The molecule has 0 aliphatic carbocycles. The van der Waals surface area contributed by atoms with Crippen molar-refractivity contribution in [1.82, 2.24) is 0 Å². The van der Waals surface area contributed by atoms with Gasteiger partial charge < -0.3 is 19.5 Å². The molecule has 0 aliphatic rings. The van der Waals surface area contributed by atoms with Gasteiger partial charge in [-0.1, -0.05) is 18.5 Å². The molecule has 7 nitrogen and oxygen atoms in total. The molecule has 2 rings (SSSR count). The fourth-order valence-corrected chi connectivity index (χ4v) is 2.47. The molecule has 0 radical (unpaired) electrons. The summed E-state index contributed by atoms with van der Waals surface area (Å²) in [6.07, 6.45) is 0.414. The van der Waals surface area contributed by atoms with Crippen molar-refractivity contribution >= 4 is 34.9 Å². The van der Waals surface area contributed by atoms with Gasteiger partial charge in [-0.25, -0.2) is 4.79 Å². The molecule has 1 N–H and O–H groups in total. The maximum absolute atomic E-state index is 11.9. The Morgan fingerprint density at radius 1 is 1.04 bits per heavy atom. The lowest BCUT2D eigenvalue weighted by Gasteiger charge is -2.09. The van der Waals surface area contributed by atoms with Crippen molar-refractivity contribution in [2.75, 3.05) is 25.6 Å². The second-order valence-corrected chi connectivity index (χ2v) is 6.06. The lowest BCUT2D eigenvalue weighted by molar-refractivity contribution is -0.149. The summed E-state index contributed by atoms with van der Waals surface area (Å²) >= 11 is 5.98. The van der Waals surface area contributed by atoms with Crippen molar-refractivity contribution in [3.05, 3.63) is 53.1 Å². The molecule has 0 bridgehead atoms. The quantitative estimate of drug-likeness (QED) is 0.507. The fourth-order valence-electron chi connectivity index (χ4n) is 2.21. The van der Waals surface area contributed by atoms with Crippen molar-refractivity contribution in [2.45, 2.75) is 13.3 Å². The Hall–Kier alpha value is -3.06. The van der Waals surface area contributed by atoms with Gasteiger partial charge in [-0.3, -0.25) is 9.59 Å². The third-order valence-corrected chi connectivity index (χ3v) is 3.95. The molecule has 2 aromatic carbocycles. The topological polar surface area (TPSA) is 90.9 Å². The van der Waals surface area contributed by atoms with E-state index < -0.39 is 18.5 Å². The number of nitrogens with one attached hydrogen (secondary N) is 1. The van der Waals surface area contributed by atoms with E-state index in [9.17, 15) is 14.4 Å². The summed E-state index contributed by atoms with van der Waals surface area (Å²) in [7, 11) is 1.49. The third kappa shape index (κ3) is 6.28. The van der Waals surface area contributed by atoms with Gasteiger partial charge in [-0.05, 0) is 42.5 Å². The molecule has 148 valence electrons. The van der Waals surface area contributed by atoms with Gasteiger partial charge in [0, 0.05) is 17.7 Å². The van der Waals surface area contributed by atoms with E-state index in [0.29, 0.717) is 34.2 Å². The van der Waals surface area contributed by atoms with E-state index in [1.165, 1.54) is 13.2 Å². The standard InChI is InChI=1S/C20H20ClNO6/c1-3-17(23)13-4-7-15(8-5-13)27-12-20(25)28-11-19(24)22-14-6-9-18(26-2)16(21)10-14/h4-10H,3,11-12H2,1-2H3,(H,22,24). The molecule has 0 unspecified atom stereocenters. The zero-order valence-corrected chi connectivity index (χ0v) is 16.2. The first kappa shape index (κ1) is 21.2. The SMILES string of the molecule is CCC(=O)c1ccc(OCC(=O)OCC(=O)Nc2ccc(OC)c(Cl)c2)cc1. The van der Waals surface area contributed by atoms with Gasteiger partial charge in [-0.15, -0.1) is 0 Å². The Bertz CT molecular complexity index is 850. The summed E-state index contributed by atoms with van der Waals surface area (Å²) in [4.78, 5) is 35.1. The number of hydrogen-bond donors (Lipinski definition) is 1. The molecule has 0 heterocycles. The first-order valence-electron chi connectivity index (χ1n) is 8.48. The first-order chi connectivity index (χ1) is 13.4. The van der Waals surface area contributed by atoms with E-state index in [2.05, 4.69) is 5.32 Å². The van der Waals surface area contributed by atoms with Gasteiger partial charge in [0.15, 0.2) is 19.0 Å². The molecule has 1 amide bonds. The molecule has 0 aliphatic heterocycles. The van der Waals surface area contributed by atoms with Gasteiger partial charge in [-0.2, -0.15) is 0 Å². The number of carbonyl (C=O) groups is 3. The number of methoxy groups -OCH3 is 1. The van der Waals surface area contributed by atoms with Crippen molar-refractivity contribution in [3.8, 4) is 11.5 Å². The number of anilines is 1. The Morgan fingerprint density at radius 3 is 2.36 bits per heavy atom. The van der Waals surface area contributed by atoms with Crippen LogP contribution in [0.4, 0.5) is 5.69 Å². The summed E-state index contributed by atoms with van der Waals surface area (Å²) in [6, 6.07) is 11.2. The average molecular weight is 406 g/mol. The summed E-state index contributed by atoms with van der Waals surface area (Å²) in [6.45, 7) is 0.959. The molecule has 0 fully saturated rings. The molecule has 0 spiro atoms. The largest absolute Gasteiger partial charge is 0.495 e. The second-order valence-electron chi connectivity index (χ2n) is 5.65. The predicted molar refractivity (Wildman–Crippen MR) is 104 cm³/mol. The van der Waals surface area contributed by atoms with Gasteiger partial charge in [0.2, 0.25) is 0 Å². The molecular weight excluding hydrogens is 386 g/mol. The van der Waals surface area contributed by atoms with Crippen molar-refractivity contribution in [1.29, 1.82) is 0 Å². The number of hydrogen-bond acceptors (Lipinski definition) is 6. The van der Waals surface area contributed by atoms with Crippen LogP contribution in [0.3, 0.4) is 0 Å². The monoisotopic (exact) mass is 405 g/mol. The number of benzene rings is 2. The van der Waals surface area contributed by atoms with Gasteiger partial charge in [0.25, 0.3) is 5.91 Å². The third-order valence-electron chi connectivity index (χ3n) is 3.65. The van der Waals surface area contributed by atoms with Crippen LogP contribution in [-0.4, -0.2) is 38.0 Å². The van der Waals surface area contributed by atoms with Crippen LogP contribution in [0.25, 0.3) is 0 Å². The van der Waals surface area contributed by atoms with Crippen molar-refractivity contribution in [2.24, 2.45) is 0 Å². The molecule has 8 heteroatoms. The summed E-state index contributed by atoms with van der Waals surface area (Å²) in [5, 5.41) is 2.90. The van der Waals surface area contributed by atoms with Crippen LogP contribution in [0, 0.1) is 0 Å². The highest BCUT2D eigenvalue weighted by molar-refractivity contribution is 6.32. The Labute approximate surface area is 167 Å². The van der Waals surface area contributed by atoms with Crippen LogP contribution in [-0.2, 0) is 14.3 Å². The van der Waals surface area contributed by atoms with Crippen LogP contribution in [0.5, 0.6) is 11.5 Å². The lowest BCUT2D eigenvalue weighted by Crippen LogP contribution is -2.23. The van der Waals surface area contributed by atoms with E-state index in [4.69, 9.17) is 25.8 Å². The zero-order chi connectivity index (χ0) is 20.5. The maximum atomic E-state index is 11.9. The molecule has 28 heavy (non-hydrogen) atoms. The van der Waals surface area contributed by atoms with E-state index in [1.807, 2.05) is 0 Å². The van der Waals surface area contributed by atoms with Crippen LogP contribution in [0.15, 0.2) is 42.5 Å². The maximum Gasteiger partial charge on any atom is 0.344 e. The minimum atomic E-state index is -0.698. The molecule has 0 aromatic heterocycles. The van der Waals surface area contributed by atoms with Crippen LogP contribution < -0.4 is 14.8 Å². The minimum absolute atomic E-state index is 0.0233. The molecule has 2 aromatic rings. The predicted octanol–water partition coefficient (Wildman–Crippen LogP) is 3.50. The Balaban J connectivity index is 1.75. The van der Waals surface area contributed by atoms with Crippen LogP contribution in [0.2, 0.25) is 5.02 Å². The number of rotatable bonds is 9. The van der Waals surface area contributed by atoms with Crippen LogP contribution in [0.1, 0.15) is 23.7 Å². The van der Waals surface area contributed by atoms with Gasteiger partial charge in [0.1, 0.15) is 11.5 Å². The highest BCUT2D eigenvalue weighted by Crippen LogP contribution is 2.27. The number of carbonyl (C=O) groups excluding carboxylic acids is 3.